The summed E-state index contributed by atoms with van der Waals surface area (Å²) in [5.74, 6) is 0.809. The molecule has 1 aromatic rings. The van der Waals surface area contributed by atoms with Crippen LogP contribution in [-0.2, 0) is 0 Å². The number of hydrogen-bond acceptors (Lipinski definition) is 3. The molecule has 0 saturated heterocycles. The van der Waals surface area contributed by atoms with E-state index in [1.807, 2.05) is 31.2 Å². The van der Waals surface area contributed by atoms with E-state index >= 15 is 0 Å². The highest BCUT2D eigenvalue weighted by Crippen LogP contribution is 2.29. The Bertz CT molecular complexity index is 352. The Labute approximate surface area is 96.2 Å². The smallest absolute Gasteiger partial charge is 0.124 e. The van der Waals surface area contributed by atoms with Gasteiger partial charge in [-0.15, -0.1) is 0 Å². The van der Waals surface area contributed by atoms with Crippen molar-refractivity contribution in [3.05, 3.63) is 29.8 Å². The van der Waals surface area contributed by atoms with Gasteiger partial charge in [-0.25, -0.2) is 0 Å². The third kappa shape index (κ3) is 2.36. The number of aliphatic hydroxyl groups is 1. The highest BCUT2D eigenvalue weighted by molar-refractivity contribution is 5.35. The summed E-state index contributed by atoms with van der Waals surface area (Å²) in [6.45, 7) is 1.94. The predicted octanol–water partition coefficient (Wildman–Crippen LogP) is 2.00. The van der Waals surface area contributed by atoms with E-state index in [4.69, 9.17) is 10.5 Å². The van der Waals surface area contributed by atoms with Gasteiger partial charge in [0.05, 0.1) is 6.10 Å². The van der Waals surface area contributed by atoms with Crippen molar-refractivity contribution in [2.45, 2.75) is 44.4 Å². The molecule has 88 valence electrons. The van der Waals surface area contributed by atoms with Crippen LogP contribution < -0.4 is 10.5 Å². The molecule has 0 bridgehead atoms. The van der Waals surface area contributed by atoms with Crippen LogP contribution in [0.3, 0.4) is 0 Å². The third-order valence-electron chi connectivity index (χ3n) is 3.11. The Kier molecular flexibility index (Phi) is 3.46. The standard InChI is InChI=1S/C13H19NO2/c1-9(14)10-5-2-3-7-12(10)16-13-8-4-6-11(13)15/h2-3,5,7,9,11,13,15H,4,6,8,14H2,1H3/t9-,11?,13?/m0/s1. The van der Waals surface area contributed by atoms with Crippen LogP contribution in [0, 0.1) is 0 Å². The lowest BCUT2D eigenvalue weighted by Gasteiger charge is -2.20. The minimum atomic E-state index is -0.332. The van der Waals surface area contributed by atoms with Crippen LogP contribution in [0.5, 0.6) is 5.75 Å². The molecule has 3 N–H and O–H groups in total. The summed E-state index contributed by atoms with van der Waals surface area (Å²) in [6, 6.07) is 7.74. The van der Waals surface area contributed by atoms with E-state index < -0.39 is 0 Å². The Hall–Kier alpha value is -1.06. The molecular formula is C13H19NO2. The lowest BCUT2D eigenvalue weighted by atomic mass is 10.1. The third-order valence-corrected chi connectivity index (χ3v) is 3.11. The lowest BCUT2D eigenvalue weighted by molar-refractivity contribution is 0.0596. The molecule has 1 saturated carbocycles. The first-order chi connectivity index (χ1) is 7.68. The van der Waals surface area contributed by atoms with Crippen molar-refractivity contribution in [3.8, 4) is 5.75 Å². The number of para-hydroxylation sites is 1. The van der Waals surface area contributed by atoms with E-state index in [1.165, 1.54) is 0 Å². The average molecular weight is 221 g/mol. The van der Waals surface area contributed by atoms with Gasteiger partial charge in [-0.3, -0.25) is 0 Å². The molecule has 1 aliphatic carbocycles. The van der Waals surface area contributed by atoms with Gasteiger partial charge in [0, 0.05) is 11.6 Å². The molecule has 0 spiro atoms. The number of hydrogen-bond donors (Lipinski definition) is 2. The normalized spacial score (nSPS) is 26.7. The zero-order valence-electron chi connectivity index (χ0n) is 9.60. The highest BCUT2D eigenvalue weighted by Gasteiger charge is 2.27. The Morgan fingerprint density at radius 2 is 2.12 bits per heavy atom. The fourth-order valence-electron chi connectivity index (χ4n) is 2.17. The van der Waals surface area contributed by atoms with Crippen LogP contribution in [0.2, 0.25) is 0 Å². The average Bonchev–Trinajstić information content (AvgIpc) is 2.65. The summed E-state index contributed by atoms with van der Waals surface area (Å²) in [5.41, 5.74) is 6.88. The van der Waals surface area contributed by atoms with Gasteiger partial charge in [0.25, 0.3) is 0 Å². The van der Waals surface area contributed by atoms with Crippen LogP contribution in [-0.4, -0.2) is 17.3 Å². The topological polar surface area (TPSA) is 55.5 Å². The van der Waals surface area contributed by atoms with E-state index in [9.17, 15) is 5.11 Å². The van der Waals surface area contributed by atoms with E-state index in [-0.39, 0.29) is 18.2 Å². The Morgan fingerprint density at radius 1 is 1.38 bits per heavy atom. The van der Waals surface area contributed by atoms with Crippen molar-refractivity contribution in [2.75, 3.05) is 0 Å². The largest absolute Gasteiger partial charge is 0.487 e. The van der Waals surface area contributed by atoms with Crippen molar-refractivity contribution >= 4 is 0 Å². The number of rotatable bonds is 3. The van der Waals surface area contributed by atoms with Crippen LogP contribution in [0.25, 0.3) is 0 Å². The van der Waals surface area contributed by atoms with E-state index in [2.05, 4.69) is 0 Å². The van der Waals surface area contributed by atoms with Crippen molar-refractivity contribution in [3.63, 3.8) is 0 Å². The second-order valence-electron chi connectivity index (χ2n) is 4.48. The molecule has 0 aromatic heterocycles. The van der Waals surface area contributed by atoms with Gasteiger partial charge in [0.15, 0.2) is 0 Å². The van der Waals surface area contributed by atoms with Crippen molar-refractivity contribution in [2.24, 2.45) is 5.73 Å². The minimum Gasteiger partial charge on any atom is -0.487 e. The minimum absolute atomic E-state index is 0.0465. The number of ether oxygens (including phenoxy) is 1. The first-order valence-corrected chi connectivity index (χ1v) is 5.87. The number of benzene rings is 1. The van der Waals surface area contributed by atoms with E-state index in [0.717, 1.165) is 30.6 Å². The zero-order valence-corrected chi connectivity index (χ0v) is 9.60. The van der Waals surface area contributed by atoms with Gasteiger partial charge >= 0.3 is 0 Å². The SMILES string of the molecule is C[C@H](N)c1ccccc1OC1CCCC1O. The summed E-state index contributed by atoms with van der Waals surface area (Å²) in [4.78, 5) is 0. The number of nitrogens with two attached hydrogens (primary N) is 1. The molecule has 3 nitrogen and oxygen atoms in total. The lowest BCUT2D eigenvalue weighted by Crippen LogP contribution is -2.26. The molecule has 2 rings (SSSR count). The summed E-state index contributed by atoms with van der Waals surface area (Å²) in [7, 11) is 0. The maximum Gasteiger partial charge on any atom is 0.124 e. The van der Waals surface area contributed by atoms with E-state index in [1.54, 1.807) is 0 Å². The monoisotopic (exact) mass is 221 g/mol. The molecule has 0 aliphatic heterocycles. The molecule has 3 atom stereocenters. The van der Waals surface area contributed by atoms with Crippen LogP contribution in [0.4, 0.5) is 0 Å². The van der Waals surface area contributed by atoms with Crippen LogP contribution >= 0.6 is 0 Å². The summed E-state index contributed by atoms with van der Waals surface area (Å²) in [5, 5.41) is 9.72. The Morgan fingerprint density at radius 3 is 2.75 bits per heavy atom. The molecule has 1 aromatic carbocycles. The summed E-state index contributed by atoms with van der Waals surface area (Å²) >= 11 is 0. The fraction of sp³-hybridized carbons (Fsp3) is 0.538. The molecule has 3 heteroatoms. The summed E-state index contributed by atoms with van der Waals surface area (Å²) in [6.07, 6.45) is 2.40. The zero-order chi connectivity index (χ0) is 11.5. The van der Waals surface area contributed by atoms with Gasteiger partial charge in [-0.1, -0.05) is 18.2 Å². The maximum absolute atomic E-state index is 9.72. The molecule has 1 fully saturated rings. The first-order valence-electron chi connectivity index (χ1n) is 5.87. The molecule has 0 amide bonds. The van der Waals surface area contributed by atoms with Crippen molar-refractivity contribution in [1.29, 1.82) is 0 Å². The second-order valence-corrected chi connectivity index (χ2v) is 4.48. The fourth-order valence-corrected chi connectivity index (χ4v) is 2.17. The Balaban J connectivity index is 2.14. The molecule has 0 heterocycles. The van der Waals surface area contributed by atoms with Crippen LogP contribution in [0.1, 0.15) is 37.8 Å². The molecular weight excluding hydrogens is 202 g/mol. The van der Waals surface area contributed by atoms with Gasteiger partial charge in [0.1, 0.15) is 11.9 Å². The van der Waals surface area contributed by atoms with Gasteiger partial charge in [-0.05, 0) is 32.3 Å². The highest BCUT2D eigenvalue weighted by atomic mass is 16.5. The molecule has 1 aliphatic rings. The first kappa shape index (κ1) is 11.4. The number of aliphatic hydroxyl groups excluding tert-OH is 1. The maximum atomic E-state index is 9.72. The summed E-state index contributed by atoms with van der Waals surface area (Å²) < 4.78 is 5.85. The van der Waals surface area contributed by atoms with Crippen molar-refractivity contribution in [1.82, 2.24) is 0 Å². The van der Waals surface area contributed by atoms with Gasteiger partial charge < -0.3 is 15.6 Å². The molecule has 2 unspecified atom stereocenters. The van der Waals surface area contributed by atoms with Gasteiger partial charge in [-0.2, -0.15) is 0 Å². The second kappa shape index (κ2) is 4.85. The molecule has 16 heavy (non-hydrogen) atoms. The van der Waals surface area contributed by atoms with Gasteiger partial charge in [0.2, 0.25) is 0 Å². The molecule has 0 radical (unpaired) electrons. The van der Waals surface area contributed by atoms with Crippen LogP contribution in [0.15, 0.2) is 24.3 Å². The predicted molar refractivity (Wildman–Crippen MR) is 63.3 cm³/mol. The van der Waals surface area contributed by atoms with E-state index in [0.29, 0.717) is 0 Å². The quantitative estimate of drug-likeness (QED) is 0.820. The van der Waals surface area contributed by atoms with Crippen molar-refractivity contribution < 1.29 is 9.84 Å².